The molecule has 1 unspecified atom stereocenters. The lowest BCUT2D eigenvalue weighted by Gasteiger charge is -2.10. The van der Waals surface area contributed by atoms with Gasteiger partial charge in [-0.3, -0.25) is 4.68 Å². The van der Waals surface area contributed by atoms with Crippen LogP contribution in [0.3, 0.4) is 0 Å². The first kappa shape index (κ1) is 11.1. The molecule has 1 N–H and O–H groups in total. The molecule has 1 aliphatic heterocycles. The van der Waals surface area contributed by atoms with E-state index in [0.29, 0.717) is 0 Å². The summed E-state index contributed by atoms with van der Waals surface area (Å²) in [7, 11) is 1.95. The van der Waals surface area contributed by atoms with Crippen LogP contribution in [0.25, 0.3) is 0 Å². The van der Waals surface area contributed by atoms with E-state index in [0.717, 1.165) is 30.2 Å². The molecule has 2 aromatic rings. The molecule has 2 heterocycles. The average Bonchev–Trinajstić information content (AvgIpc) is 2.91. The average molecular weight is 243 g/mol. The van der Waals surface area contributed by atoms with Gasteiger partial charge in [-0.1, -0.05) is 18.2 Å². The minimum atomic E-state index is 0.199. The van der Waals surface area contributed by atoms with Crippen LogP contribution in [0.5, 0.6) is 5.75 Å². The molecule has 4 heteroatoms. The topological polar surface area (TPSA) is 39.1 Å². The van der Waals surface area contributed by atoms with Gasteiger partial charge in [-0.25, -0.2) is 0 Å². The molecule has 1 aromatic heterocycles. The van der Waals surface area contributed by atoms with Crippen molar-refractivity contribution < 1.29 is 4.74 Å². The first-order valence-corrected chi connectivity index (χ1v) is 6.21. The van der Waals surface area contributed by atoms with Crippen LogP contribution in [0.15, 0.2) is 30.3 Å². The van der Waals surface area contributed by atoms with E-state index in [4.69, 9.17) is 4.74 Å². The number of nitrogens with one attached hydrogen (secondary N) is 1. The van der Waals surface area contributed by atoms with Crippen molar-refractivity contribution in [2.75, 3.05) is 11.9 Å². The van der Waals surface area contributed by atoms with Crippen LogP contribution in [0, 0.1) is 6.92 Å². The highest BCUT2D eigenvalue weighted by Crippen LogP contribution is 2.28. The number of aryl methyl sites for hydroxylation is 2. The number of anilines is 1. The van der Waals surface area contributed by atoms with Crippen molar-refractivity contribution in [1.82, 2.24) is 9.78 Å². The quantitative estimate of drug-likeness (QED) is 0.897. The molecule has 18 heavy (non-hydrogen) atoms. The van der Waals surface area contributed by atoms with Gasteiger partial charge in [-0.2, -0.15) is 5.10 Å². The highest BCUT2D eigenvalue weighted by Gasteiger charge is 2.22. The zero-order chi connectivity index (χ0) is 12.5. The largest absolute Gasteiger partial charge is 0.488 e. The Morgan fingerprint density at radius 3 is 3.00 bits per heavy atom. The lowest BCUT2D eigenvalue weighted by Crippen LogP contribution is -2.24. The Morgan fingerprint density at radius 2 is 2.28 bits per heavy atom. The molecule has 1 aromatic carbocycles. The van der Waals surface area contributed by atoms with Crippen LogP contribution in [-0.4, -0.2) is 22.4 Å². The SMILES string of the molecule is Cc1cc(NCC2Cc3ccccc3O2)nn1C. The second-order valence-electron chi connectivity index (χ2n) is 4.73. The highest BCUT2D eigenvalue weighted by molar-refractivity contribution is 5.39. The molecule has 4 nitrogen and oxygen atoms in total. The van der Waals surface area contributed by atoms with E-state index in [1.54, 1.807) is 0 Å². The van der Waals surface area contributed by atoms with Gasteiger partial charge in [0.25, 0.3) is 0 Å². The highest BCUT2D eigenvalue weighted by atomic mass is 16.5. The monoisotopic (exact) mass is 243 g/mol. The van der Waals surface area contributed by atoms with Crippen LogP contribution >= 0.6 is 0 Å². The van der Waals surface area contributed by atoms with E-state index >= 15 is 0 Å². The maximum Gasteiger partial charge on any atom is 0.148 e. The molecule has 0 aliphatic carbocycles. The Balaban J connectivity index is 1.60. The van der Waals surface area contributed by atoms with E-state index in [9.17, 15) is 0 Å². The summed E-state index contributed by atoms with van der Waals surface area (Å²) in [6.45, 7) is 2.82. The van der Waals surface area contributed by atoms with Gasteiger partial charge < -0.3 is 10.1 Å². The lowest BCUT2D eigenvalue weighted by atomic mass is 10.1. The van der Waals surface area contributed by atoms with Crippen LogP contribution in [0.1, 0.15) is 11.3 Å². The summed E-state index contributed by atoms with van der Waals surface area (Å²) in [5.41, 5.74) is 2.44. The molecule has 0 spiro atoms. The van der Waals surface area contributed by atoms with Crippen molar-refractivity contribution >= 4 is 5.82 Å². The zero-order valence-corrected chi connectivity index (χ0v) is 10.7. The van der Waals surface area contributed by atoms with E-state index in [-0.39, 0.29) is 6.10 Å². The smallest absolute Gasteiger partial charge is 0.148 e. The number of rotatable bonds is 3. The molecule has 0 saturated carbocycles. The number of hydrogen-bond donors (Lipinski definition) is 1. The number of para-hydroxylation sites is 1. The molecular formula is C14H17N3O. The zero-order valence-electron chi connectivity index (χ0n) is 10.7. The van der Waals surface area contributed by atoms with Gasteiger partial charge in [-0.05, 0) is 18.6 Å². The third kappa shape index (κ3) is 2.06. The van der Waals surface area contributed by atoms with E-state index < -0.39 is 0 Å². The third-order valence-corrected chi connectivity index (χ3v) is 3.34. The number of fused-ring (bicyclic) bond motifs is 1. The standard InChI is InChI=1S/C14H17N3O/c1-10-7-14(16-17(10)2)15-9-12-8-11-5-3-4-6-13(11)18-12/h3-7,12H,8-9H2,1-2H3,(H,15,16). The normalized spacial score (nSPS) is 17.3. The summed E-state index contributed by atoms with van der Waals surface area (Å²) in [5.74, 6) is 1.93. The molecule has 1 atom stereocenters. The summed E-state index contributed by atoms with van der Waals surface area (Å²) in [4.78, 5) is 0. The Labute approximate surface area is 107 Å². The van der Waals surface area contributed by atoms with Crippen LogP contribution in [0.4, 0.5) is 5.82 Å². The van der Waals surface area contributed by atoms with Gasteiger partial charge in [0.15, 0.2) is 0 Å². The van der Waals surface area contributed by atoms with Gasteiger partial charge in [0.2, 0.25) is 0 Å². The maximum atomic E-state index is 5.87. The molecule has 0 radical (unpaired) electrons. The van der Waals surface area contributed by atoms with E-state index in [2.05, 4.69) is 22.5 Å². The van der Waals surface area contributed by atoms with Gasteiger partial charge in [0.1, 0.15) is 17.7 Å². The molecule has 94 valence electrons. The van der Waals surface area contributed by atoms with E-state index in [1.807, 2.05) is 36.9 Å². The minimum absolute atomic E-state index is 0.199. The fourth-order valence-corrected chi connectivity index (χ4v) is 2.23. The fourth-order valence-electron chi connectivity index (χ4n) is 2.23. The van der Waals surface area contributed by atoms with Crippen molar-refractivity contribution in [1.29, 1.82) is 0 Å². The van der Waals surface area contributed by atoms with Crippen LogP contribution in [-0.2, 0) is 13.5 Å². The number of ether oxygens (including phenoxy) is 1. The number of benzene rings is 1. The summed E-state index contributed by atoms with van der Waals surface area (Å²) < 4.78 is 7.74. The van der Waals surface area contributed by atoms with Gasteiger partial charge in [0.05, 0.1) is 6.54 Å². The van der Waals surface area contributed by atoms with Gasteiger partial charge >= 0.3 is 0 Å². The second-order valence-corrected chi connectivity index (χ2v) is 4.73. The first-order chi connectivity index (χ1) is 8.72. The maximum absolute atomic E-state index is 5.87. The molecule has 1 aliphatic rings. The predicted molar refractivity (Wildman–Crippen MR) is 71.0 cm³/mol. The molecule has 3 rings (SSSR count). The molecule has 0 amide bonds. The predicted octanol–water partition coefficient (Wildman–Crippen LogP) is 2.14. The van der Waals surface area contributed by atoms with Crippen molar-refractivity contribution in [3.63, 3.8) is 0 Å². The fraction of sp³-hybridized carbons (Fsp3) is 0.357. The third-order valence-electron chi connectivity index (χ3n) is 3.34. The first-order valence-electron chi connectivity index (χ1n) is 6.21. The number of aromatic nitrogens is 2. The molecular weight excluding hydrogens is 226 g/mol. The second kappa shape index (κ2) is 4.37. The van der Waals surface area contributed by atoms with E-state index in [1.165, 1.54) is 5.56 Å². The molecule has 0 bridgehead atoms. The van der Waals surface area contributed by atoms with Gasteiger partial charge in [-0.15, -0.1) is 0 Å². The molecule has 0 fully saturated rings. The Morgan fingerprint density at radius 1 is 1.44 bits per heavy atom. The number of hydrogen-bond acceptors (Lipinski definition) is 3. The Kier molecular flexibility index (Phi) is 2.70. The van der Waals surface area contributed by atoms with Crippen LogP contribution in [0.2, 0.25) is 0 Å². The molecule has 0 saturated heterocycles. The summed E-state index contributed by atoms with van der Waals surface area (Å²) >= 11 is 0. The number of nitrogens with zero attached hydrogens (tertiary/aromatic N) is 2. The summed E-state index contributed by atoms with van der Waals surface area (Å²) in [6, 6.07) is 10.3. The van der Waals surface area contributed by atoms with Crippen molar-refractivity contribution in [2.24, 2.45) is 7.05 Å². The van der Waals surface area contributed by atoms with Crippen molar-refractivity contribution in [2.45, 2.75) is 19.4 Å². The van der Waals surface area contributed by atoms with Crippen molar-refractivity contribution in [3.8, 4) is 5.75 Å². The summed E-state index contributed by atoms with van der Waals surface area (Å²) in [6.07, 6.45) is 1.17. The lowest BCUT2D eigenvalue weighted by molar-refractivity contribution is 0.246. The Bertz CT molecular complexity index is 517. The Hall–Kier alpha value is -1.97. The minimum Gasteiger partial charge on any atom is -0.488 e. The summed E-state index contributed by atoms with van der Waals surface area (Å²) in [5, 5.41) is 7.70. The van der Waals surface area contributed by atoms with Crippen LogP contribution < -0.4 is 10.1 Å². The van der Waals surface area contributed by atoms with Gasteiger partial charge in [0, 0.05) is 25.2 Å². The van der Waals surface area contributed by atoms with Crippen molar-refractivity contribution in [3.05, 3.63) is 41.6 Å².